The average Bonchev–Trinajstić information content (AvgIpc) is 2.73. The van der Waals surface area contributed by atoms with Crippen LogP contribution in [0.4, 0.5) is 13.2 Å². The molecular formula is C11H16F3N5O. The Hall–Kier alpha value is -1.64. The smallest absolute Gasteiger partial charge is 0.347 e. The molecule has 1 fully saturated rings. The van der Waals surface area contributed by atoms with Gasteiger partial charge in [-0.3, -0.25) is 9.69 Å². The summed E-state index contributed by atoms with van der Waals surface area (Å²) in [6.07, 6.45) is -3.97. The Morgan fingerprint density at radius 2 is 2.10 bits per heavy atom. The van der Waals surface area contributed by atoms with Crippen LogP contribution in [0.25, 0.3) is 0 Å². The van der Waals surface area contributed by atoms with Crippen LogP contribution in [0.15, 0.2) is 0 Å². The molecule has 112 valence electrons. The van der Waals surface area contributed by atoms with Crippen molar-refractivity contribution in [3.8, 4) is 0 Å². The number of hydrogen-bond acceptors (Lipinski definition) is 4. The molecule has 1 saturated heterocycles. The van der Waals surface area contributed by atoms with E-state index in [0.717, 1.165) is 0 Å². The number of hydrogen-bond donors (Lipinski definition) is 2. The lowest BCUT2D eigenvalue weighted by molar-refractivity contribution is -0.188. The Bertz CT molecular complexity index is 487. The fourth-order valence-electron chi connectivity index (χ4n) is 2.43. The minimum absolute atomic E-state index is 0.0251. The fraction of sp³-hybridized carbons (Fsp3) is 0.727. The number of likely N-dealkylation sites (N-methyl/N-ethyl adjacent to an activating group) is 1. The molecule has 1 aliphatic heterocycles. The number of rotatable bonds is 2. The maximum absolute atomic E-state index is 12.7. The van der Waals surface area contributed by atoms with Crippen molar-refractivity contribution in [2.45, 2.75) is 38.0 Å². The van der Waals surface area contributed by atoms with E-state index >= 15 is 0 Å². The van der Waals surface area contributed by atoms with Crippen LogP contribution >= 0.6 is 0 Å². The van der Waals surface area contributed by atoms with Crippen LogP contribution in [0.5, 0.6) is 0 Å². The second kappa shape index (κ2) is 5.39. The van der Waals surface area contributed by atoms with Gasteiger partial charge in [-0.2, -0.15) is 28.6 Å². The number of amides is 1. The molecule has 1 amide bonds. The molecule has 0 aliphatic carbocycles. The van der Waals surface area contributed by atoms with Gasteiger partial charge in [-0.25, -0.2) is 0 Å². The molecule has 6 nitrogen and oxygen atoms in total. The monoisotopic (exact) mass is 291 g/mol. The Morgan fingerprint density at radius 3 is 2.60 bits per heavy atom. The summed E-state index contributed by atoms with van der Waals surface area (Å²) in [7, 11) is 1.41. The first-order chi connectivity index (χ1) is 9.29. The van der Waals surface area contributed by atoms with E-state index in [9.17, 15) is 18.0 Å². The molecule has 2 N–H and O–H groups in total. The standard InChI is InChI=1S/C11H16F3N5O/c1-6-9(17-18-16-6)10(20)15-7-3-4-8(11(12,13)14)19(2)5-7/h7-8H,3-5H2,1-2H3,(H,15,20)(H,16,17,18)/t7-,8-/m1/s1. The molecule has 0 bridgehead atoms. The van der Waals surface area contributed by atoms with Gasteiger partial charge in [0.2, 0.25) is 0 Å². The van der Waals surface area contributed by atoms with E-state index < -0.39 is 18.1 Å². The maximum Gasteiger partial charge on any atom is 0.404 e. The minimum Gasteiger partial charge on any atom is -0.347 e. The largest absolute Gasteiger partial charge is 0.404 e. The zero-order valence-corrected chi connectivity index (χ0v) is 11.2. The van der Waals surface area contributed by atoms with E-state index in [0.29, 0.717) is 5.69 Å². The average molecular weight is 291 g/mol. The number of nitrogens with zero attached hydrogens (tertiary/aromatic N) is 3. The highest BCUT2D eigenvalue weighted by molar-refractivity contribution is 5.93. The Kier molecular flexibility index (Phi) is 3.98. The predicted octanol–water partition coefficient (Wildman–Crippen LogP) is 0.868. The van der Waals surface area contributed by atoms with Crippen molar-refractivity contribution in [2.75, 3.05) is 13.6 Å². The number of alkyl halides is 3. The molecule has 0 radical (unpaired) electrons. The van der Waals surface area contributed by atoms with Crippen molar-refractivity contribution in [3.63, 3.8) is 0 Å². The minimum atomic E-state index is -4.23. The number of aryl methyl sites for hydroxylation is 1. The molecule has 2 atom stereocenters. The number of aromatic amines is 1. The highest BCUT2D eigenvalue weighted by Crippen LogP contribution is 2.30. The second-order valence-corrected chi connectivity index (χ2v) is 5.00. The molecule has 20 heavy (non-hydrogen) atoms. The van der Waals surface area contributed by atoms with Crippen molar-refractivity contribution in [1.29, 1.82) is 0 Å². The van der Waals surface area contributed by atoms with E-state index in [1.54, 1.807) is 6.92 Å². The summed E-state index contributed by atoms with van der Waals surface area (Å²) in [6.45, 7) is 1.79. The molecule has 2 rings (SSSR count). The van der Waals surface area contributed by atoms with Gasteiger partial charge >= 0.3 is 6.18 Å². The van der Waals surface area contributed by atoms with Crippen molar-refractivity contribution < 1.29 is 18.0 Å². The van der Waals surface area contributed by atoms with Gasteiger partial charge < -0.3 is 5.32 Å². The van der Waals surface area contributed by atoms with E-state index in [4.69, 9.17) is 0 Å². The van der Waals surface area contributed by atoms with Crippen molar-refractivity contribution in [2.24, 2.45) is 0 Å². The zero-order chi connectivity index (χ0) is 14.9. The third kappa shape index (κ3) is 3.09. The molecule has 9 heteroatoms. The molecular weight excluding hydrogens is 275 g/mol. The van der Waals surface area contributed by atoms with Gasteiger partial charge in [0.25, 0.3) is 5.91 Å². The van der Waals surface area contributed by atoms with Crippen LogP contribution in [0, 0.1) is 6.92 Å². The molecule has 1 aromatic rings. The lowest BCUT2D eigenvalue weighted by atomic mass is 9.98. The summed E-state index contributed by atoms with van der Waals surface area (Å²) in [5.41, 5.74) is 0.630. The Balaban J connectivity index is 1.94. The van der Waals surface area contributed by atoms with Crippen LogP contribution in [-0.4, -0.2) is 58.1 Å². The van der Waals surface area contributed by atoms with Gasteiger partial charge in [-0.05, 0) is 26.8 Å². The number of H-pyrrole nitrogens is 1. The van der Waals surface area contributed by atoms with Gasteiger partial charge in [0, 0.05) is 12.6 Å². The lowest BCUT2D eigenvalue weighted by Crippen LogP contribution is -2.54. The third-order valence-corrected chi connectivity index (χ3v) is 3.48. The quantitative estimate of drug-likeness (QED) is 0.848. The number of halogens is 3. The molecule has 1 aromatic heterocycles. The molecule has 1 aliphatic rings. The van der Waals surface area contributed by atoms with E-state index in [1.165, 1.54) is 11.9 Å². The van der Waals surface area contributed by atoms with Gasteiger partial charge in [-0.15, -0.1) is 0 Å². The van der Waals surface area contributed by atoms with Crippen molar-refractivity contribution >= 4 is 5.91 Å². The van der Waals surface area contributed by atoms with Crippen molar-refractivity contribution in [3.05, 3.63) is 11.4 Å². The van der Waals surface area contributed by atoms with Crippen LogP contribution in [0.1, 0.15) is 29.0 Å². The van der Waals surface area contributed by atoms with Crippen LogP contribution in [0.2, 0.25) is 0 Å². The number of piperidine rings is 1. The zero-order valence-electron chi connectivity index (χ0n) is 11.2. The molecule has 0 aromatic carbocycles. The van der Waals surface area contributed by atoms with Gasteiger partial charge in [0.05, 0.1) is 5.69 Å². The Morgan fingerprint density at radius 1 is 1.40 bits per heavy atom. The summed E-state index contributed by atoms with van der Waals surface area (Å²) >= 11 is 0. The Labute approximate surface area is 113 Å². The lowest BCUT2D eigenvalue weighted by Gasteiger charge is -2.38. The number of carbonyl (C=O) groups excluding carboxylic acids is 1. The number of likely N-dealkylation sites (tertiary alicyclic amines) is 1. The highest BCUT2D eigenvalue weighted by atomic mass is 19.4. The van der Waals surface area contributed by atoms with Crippen LogP contribution in [0.3, 0.4) is 0 Å². The summed E-state index contributed by atoms with van der Waals surface area (Å²) in [5.74, 6) is -0.417. The van der Waals surface area contributed by atoms with Gasteiger partial charge in [0.1, 0.15) is 6.04 Å². The summed E-state index contributed by atoms with van der Waals surface area (Å²) in [4.78, 5) is 13.1. The first-order valence-corrected chi connectivity index (χ1v) is 6.24. The number of aromatic nitrogens is 3. The second-order valence-electron chi connectivity index (χ2n) is 5.00. The van der Waals surface area contributed by atoms with Crippen LogP contribution in [-0.2, 0) is 0 Å². The van der Waals surface area contributed by atoms with E-state index in [-0.39, 0.29) is 31.1 Å². The first kappa shape index (κ1) is 14.8. The van der Waals surface area contributed by atoms with Gasteiger partial charge in [0.15, 0.2) is 5.69 Å². The van der Waals surface area contributed by atoms with E-state index in [1.807, 2.05) is 0 Å². The SMILES string of the molecule is Cc1n[nH]nc1C(=O)N[C@@H]1CC[C@H](C(F)(F)F)N(C)C1. The molecule has 0 unspecified atom stereocenters. The fourth-order valence-corrected chi connectivity index (χ4v) is 2.43. The van der Waals surface area contributed by atoms with E-state index in [2.05, 4.69) is 20.7 Å². The number of carbonyl (C=O) groups is 1. The third-order valence-electron chi connectivity index (χ3n) is 3.48. The van der Waals surface area contributed by atoms with Crippen molar-refractivity contribution in [1.82, 2.24) is 25.6 Å². The number of nitrogens with one attached hydrogen (secondary N) is 2. The molecule has 0 saturated carbocycles. The summed E-state index contributed by atoms with van der Waals surface area (Å²) in [5, 5.41) is 12.5. The van der Waals surface area contributed by atoms with Crippen LogP contribution < -0.4 is 5.32 Å². The first-order valence-electron chi connectivity index (χ1n) is 6.24. The molecule has 2 heterocycles. The summed E-state index contributed by atoms with van der Waals surface area (Å²) < 4.78 is 38.1. The highest BCUT2D eigenvalue weighted by Gasteiger charge is 2.44. The van der Waals surface area contributed by atoms with Gasteiger partial charge in [-0.1, -0.05) is 0 Å². The normalized spacial score (nSPS) is 24.6. The topological polar surface area (TPSA) is 73.9 Å². The molecule has 0 spiro atoms. The maximum atomic E-state index is 12.7. The predicted molar refractivity (Wildman–Crippen MR) is 64.1 cm³/mol. The summed E-state index contributed by atoms with van der Waals surface area (Å²) in [6, 6.07) is -1.76.